The SMILES string of the molecule is COc1ccc(C[C@](C)(NC(C)=O)C(=O)O)cc1Cl. The third kappa shape index (κ3) is 3.86. The van der Waals surface area contributed by atoms with Crippen molar-refractivity contribution in [3.63, 3.8) is 0 Å². The van der Waals surface area contributed by atoms with Crippen LogP contribution in [0.1, 0.15) is 19.4 Å². The normalized spacial score (nSPS) is 13.5. The zero-order valence-electron chi connectivity index (χ0n) is 11.0. The number of ether oxygens (including phenoxy) is 1. The fraction of sp³-hybridized carbons (Fsp3) is 0.385. The molecule has 1 aromatic rings. The van der Waals surface area contributed by atoms with Crippen molar-refractivity contribution >= 4 is 23.5 Å². The van der Waals surface area contributed by atoms with Crippen LogP contribution in [0.5, 0.6) is 5.75 Å². The smallest absolute Gasteiger partial charge is 0.329 e. The molecule has 0 aliphatic rings. The molecule has 0 fully saturated rings. The average Bonchev–Trinajstić information content (AvgIpc) is 2.27. The van der Waals surface area contributed by atoms with Gasteiger partial charge < -0.3 is 15.2 Å². The van der Waals surface area contributed by atoms with Crippen LogP contribution in [-0.4, -0.2) is 29.6 Å². The lowest BCUT2D eigenvalue weighted by Gasteiger charge is -2.25. The first-order chi connectivity index (χ1) is 8.78. The van der Waals surface area contributed by atoms with E-state index in [0.717, 1.165) is 0 Å². The van der Waals surface area contributed by atoms with Gasteiger partial charge in [0, 0.05) is 13.3 Å². The monoisotopic (exact) mass is 285 g/mol. The summed E-state index contributed by atoms with van der Waals surface area (Å²) < 4.78 is 5.02. The predicted molar refractivity (Wildman–Crippen MR) is 71.6 cm³/mol. The molecule has 0 saturated carbocycles. The lowest BCUT2D eigenvalue weighted by atomic mass is 9.92. The number of carbonyl (C=O) groups excluding carboxylic acids is 1. The molecule has 0 heterocycles. The molecule has 104 valence electrons. The van der Waals surface area contributed by atoms with Gasteiger partial charge in [-0.15, -0.1) is 0 Å². The molecule has 6 heteroatoms. The molecule has 0 unspecified atom stereocenters. The Balaban J connectivity index is 3.00. The first-order valence-corrected chi connectivity index (χ1v) is 6.01. The maximum atomic E-state index is 11.3. The van der Waals surface area contributed by atoms with Gasteiger partial charge in [0.25, 0.3) is 0 Å². The van der Waals surface area contributed by atoms with E-state index in [0.29, 0.717) is 16.3 Å². The lowest BCUT2D eigenvalue weighted by molar-refractivity contribution is -0.146. The van der Waals surface area contributed by atoms with Gasteiger partial charge in [-0.2, -0.15) is 0 Å². The highest BCUT2D eigenvalue weighted by Gasteiger charge is 2.34. The van der Waals surface area contributed by atoms with E-state index in [2.05, 4.69) is 5.32 Å². The van der Waals surface area contributed by atoms with Crippen molar-refractivity contribution in [2.24, 2.45) is 0 Å². The Morgan fingerprint density at radius 3 is 2.53 bits per heavy atom. The molecular weight excluding hydrogens is 270 g/mol. The van der Waals surface area contributed by atoms with Gasteiger partial charge in [-0.1, -0.05) is 17.7 Å². The van der Waals surface area contributed by atoms with Crippen molar-refractivity contribution in [3.05, 3.63) is 28.8 Å². The molecule has 19 heavy (non-hydrogen) atoms. The summed E-state index contributed by atoms with van der Waals surface area (Å²) in [5.41, 5.74) is -0.673. The van der Waals surface area contributed by atoms with E-state index in [1.54, 1.807) is 18.2 Å². The predicted octanol–water partition coefficient (Wildman–Crippen LogP) is 1.87. The number of aliphatic carboxylic acids is 1. The first kappa shape index (κ1) is 15.3. The molecule has 1 amide bonds. The number of benzene rings is 1. The Morgan fingerprint density at radius 1 is 1.47 bits per heavy atom. The minimum absolute atomic E-state index is 0.131. The third-order valence-corrected chi connectivity index (χ3v) is 2.99. The van der Waals surface area contributed by atoms with Crippen molar-refractivity contribution in [2.75, 3.05) is 7.11 Å². The number of hydrogen-bond acceptors (Lipinski definition) is 3. The number of amides is 1. The summed E-state index contributed by atoms with van der Waals surface area (Å²) in [6.45, 7) is 2.73. The zero-order chi connectivity index (χ0) is 14.6. The number of hydrogen-bond donors (Lipinski definition) is 2. The van der Waals surface area contributed by atoms with Crippen LogP contribution in [0, 0.1) is 0 Å². The largest absolute Gasteiger partial charge is 0.495 e. The number of halogens is 1. The van der Waals surface area contributed by atoms with Crippen molar-refractivity contribution in [2.45, 2.75) is 25.8 Å². The zero-order valence-corrected chi connectivity index (χ0v) is 11.7. The van der Waals surface area contributed by atoms with Gasteiger partial charge in [0.1, 0.15) is 11.3 Å². The van der Waals surface area contributed by atoms with Gasteiger partial charge in [0.15, 0.2) is 0 Å². The van der Waals surface area contributed by atoms with E-state index in [1.807, 2.05) is 0 Å². The fourth-order valence-electron chi connectivity index (χ4n) is 1.79. The molecule has 5 nitrogen and oxygen atoms in total. The molecule has 1 atom stereocenters. The van der Waals surface area contributed by atoms with Crippen LogP contribution < -0.4 is 10.1 Å². The van der Waals surface area contributed by atoms with E-state index >= 15 is 0 Å². The Kier molecular flexibility index (Phi) is 4.78. The summed E-state index contributed by atoms with van der Waals surface area (Å²) >= 11 is 5.98. The van der Waals surface area contributed by atoms with E-state index in [-0.39, 0.29) is 6.42 Å². The molecule has 0 radical (unpaired) electrons. The van der Waals surface area contributed by atoms with Gasteiger partial charge in [-0.25, -0.2) is 4.79 Å². The number of carbonyl (C=O) groups is 2. The maximum Gasteiger partial charge on any atom is 0.329 e. The van der Waals surface area contributed by atoms with Crippen LogP contribution >= 0.6 is 11.6 Å². The van der Waals surface area contributed by atoms with E-state index < -0.39 is 17.4 Å². The highest BCUT2D eigenvalue weighted by atomic mass is 35.5. The van der Waals surface area contributed by atoms with Gasteiger partial charge in [-0.3, -0.25) is 4.79 Å². The Labute approximate surface area is 116 Å². The Hall–Kier alpha value is -1.75. The summed E-state index contributed by atoms with van der Waals surface area (Å²) in [5, 5.41) is 12.1. The summed E-state index contributed by atoms with van der Waals surface area (Å²) in [4.78, 5) is 22.4. The van der Waals surface area contributed by atoms with Crippen molar-refractivity contribution in [3.8, 4) is 5.75 Å². The molecule has 1 rings (SSSR count). The molecule has 0 saturated heterocycles. The standard InChI is InChI=1S/C13H16ClNO4/c1-8(16)15-13(2,12(17)18)7-9-4-5-11(19-3)10(14)6-9/h4-6H,7H2,1-3H3,(H,15,16)(H,17,18)/t13-/m0/s1. The molecule has 0 spiro atoms. The van der Waals surface area contributed by atoms with Crippen LogP contribution in [0.4, 0.5) is 0 Å². The number of nitrogens with one attached hydrogen (secondary N) is 1. The number of carboxylic acid groups (broad SMARTS) is 1. The minimum Gasteiger partial charge on any atom is -0.495 e. The number of methoxy groups -OCH3 is 1. The van der Waals surface area contributed by atoms with Crippen LogP contribution in [0.2, 0.25) is 5.02 Å². The second kappa shape index (κ2) is 5.93. The summed E-state index contributed by atoms with van der Waals surface area (Å²) in [5.74, 6) is -0.985. The van der Waals surface area contributed by atoms with Crippen molar-refractivity contribution < 1.29 is 19.4 Å². The van der Waals surface area contributed by atoms with Gasteiger partial charge in [0.05, 0.1) is 12.1 Å². The second-order valence-corrected chi connectivity index (χ2v) is 4.87. The quantitative estimate of drug-likeness (QED) is 0.866. The van der Waals surface area contributed by atoms with Gasteiger partial charge in [-0.05, 0) is 24.6 Å². The van der Waals surface area contributed by atoms with Crippen LogP contribution in [0.3, 0.4) is 0 Å². The van der Waals surface area contributed by atoms with Gasteiger partial charge >= 0.3 is 5.97 Å². The van der Waals surface area contributed by atoms with Crippen LogP contribution in [-0.2, 0) is 16.0 Å². The fourth-order valence-corrected chi connectivity index (χ4v) is 2.07. The summed E-state index contributed by atoms with van der Waals surface area (Å²) in [7, 11) is 1.50. The topological polar surface area (TPSA) is 75.6 Å². The van der Waals surface area contributed by atoms with E-state index in [1.165, 1.54) is 21.0 Å². The molecule has 2 N–H and O–H groups in total. The second-order valence-electron chi connectivity index (χ2n) is 4.46. The summed E-state index contributed by atoms with van der Waals surface area (Å²) in [6, 6.07) is 5.00. The minimum atomic E-state index is -1.37. The van der Waals surface area contributed by atoms with Crippen LogP contribution in [0.15, 0.2) is 18.2 Å². The Morgan fingerprint density at radius 2 is 2.11 bits per heavy atom. The maximum absolute atomic E-state index is 11.3. The van der Waals surface area contributed by atoms with E-state index in [4.69, 9.17) is 16.3 Å². The van der Waals surface area contributed by atoms with Crippen molar-refractivity contribution in [1.82, 2.24) is 5.32 Å². The van der Waals surface area contributed by atoms with Crippen molar-refractivity contribution in [1.29, 1.82) is 0 Å². The molecule has 0 bridgehead atoms. The van der Waals surface area contributed by atoms with Crippen LogP contribution in [0.25, 0.3) is 0 Å². The highest BCUT2D eigenvalue weighted by Crippen LogP contribution is 2.26. The van der Waals surface area contributed by atoms with Gasteiger partial charge in [0.2, 0.25) is 5.91 Å². The molecule has 0 aliphatic heterocycles. The highest BCUT2D eigenvalue weighted by molar-refractivity contribution is 6.32. The number of rotatable bonds is 5. The lowest BCUT2D eigenvalue weighted by Crippen LogP contribution is -2.53. The van der Waals surface area contributed by atoms with E-state index in [9.17, 15) is 14.7 Å². The third-order valence-electron chi connectivity index (χ3n) is 2.70. The average molecular weight is 286 g/mol. The summed E-state index contributed by atoms with van der Waals surface area (Å²) in [6.07, 6.45) is 0.131. The number of carboxylic acids is 1. The molecule has 0 aromatic heterocycles. The molecule has 1 aromatic carbocycles. The molecular formula is C13H16ClNO4. The molecule has 0 aliphatic carbocycles. The first-order valence-electron chi connectivity index (χ1n) is 5.63. The Bertz CT molecular complexity index is 503.